The largest absolute Gasteiger partial charge is 0.329 e. The molecule has 0 atom stereocenters. The minimum absolute atomic E-state index is 0.0229. The Balaban J connectivity index is 1.99. The highest BCUT2D eigenvalue weighted by Gasteiger charge is 2.11. The number of benzene rings is 2. The van der Waals surface area contributed by atoms with Crippen LogP contribution in [0.4, 0.5) is 24.0 Å². The summed E-state index contributed by atoms with van der Waals surface area (Å²) in [6, 6.07) is 6.24. The molecule has 20 heavy (non-hydrogen) atoms. The van der Waals surface area contributed by atoms with Crippen molar-refractivity contribution in [2.75, 3.05) is 5.32 Å². The molecule has 0 bridgehead atoms. The number of halogens is 4. The summed E-state index contributed by atoms with van der Waals surface area (Å²) in [6.45, 7) is 0. The van der Waals surface area contributed by atoms with Gasteiger partial charge in [-0.3, -0.25) is 0 Å². The average molecular weight is 359 g/mol. The molecule has 0 aliphatic heterocycles. The number of rotatable bonds is 2. The van der Waals surface area contributed by atoms with Crippen LogP contribution in [0.3, 0.4) is 0 Å². The molecule has 2 nitrogen and oxygen atoms in total. The normalized spacial score (nSPS) is 11.0. The van der Waals surface area contributed by atoms with Gasteiger partial charge in [-0.2, -0.15) is 0 Å². The van der Waals surface area contributed by atoms with Gasteiger partial charge < -0.3 is 5.32 Å². The Kier molecular flexibility index (Phi) is 3.39. The van der Waals surface area contributed by atoms with E-state index in [-0.39, 0.29) is 16.0 Å². The molecule has 0 aliphatic carbocycles. The fourth-order valence-corrected chi connectivity index (χ4v) is 2.90. The summed E-state index contributed by atoms with van der Waals surface area (Å²) >= 11 is 4.07. The molecule has 3 rings (SSSR count). The Morgan fingerprint density at radius 3 is 2.65 bits per heavy atom. The van der Waals surface area contributed by atoms with Gasteiger partial charge in [0.05, 0.1) is 20.4 Å². The Morgan fingerprint density at radius 1 is 1.05 bits per heavy atom. The van der Waals surface area contributed by atoms with E-state index in [1.807, 2.05) is 0 Å². The molecule has 0 amide bonds. The van der Waals surface area contributed by atoms with Gasteiger partial charge >= 0.3 is 0 Å². The van der Waals surface area contributed by atoms with Gasteiger partial charge in [-0.1, -0.05) is 11.3 Å². The number of hydrogen-bond acceptors (Lipinski definition) is 3. The molecule has 0 radical (unpaired) electrons. The lowest BCUT2D eigenvalue weighted by Gasteiger charge is -2.05. The van der Waals surface area contributed by atoms with E-state index in [1.54, 1.807) is 0 Å². The topological polar surface area (TPSA) is 24.9 Å². The van der Waals surface area contributed by atoms with E-state index in [0.29, 0.717) is 15.3 Å². The van der Waals surface area contributed by atoms with E-state index in [2.05, 4.69) is 26.2 Å². The molecule has 102 valence electrons. The van der Waals surface area contributed by atoms with E-state index < -0.39 is 11.6 Å². The van der Waals surface area contributed by atoms with Crippen LogP contribution in [0.1, 0.15) is 0 Å². The van der Waals surface area contributed by atoms with Crippen LogP contribution in [0.2, 0.25) is 0 Å². The second-order valence-electron chi connectivity index (χ2n) is 4.00. The predicted octanol–water partition coefficient (Wildman–Crippen LogP) is 5.22. The molecule has 1 aromatic heterocycles. The molecule has 0 fully saturated rings. The van der Waals surface area contributed by atoms with Crippen molar-refractivity contribution in [3.8, 4) is 0 Å². The summed E-state index contributed by atoms with van der Waals surface area (Å²) in [5, 5.41) is 3.07. The Morgan fingerprint density at radius 2 is 1.85 bits per heavy atom. The molecule has 0 unspecified atom stereocenters. The van der Waals surface area contributed by atoms with Gasteiger partial charge in [-0.05, 0) is 40.2 Å². The number of fused-ring (bicyclic) bond motifs is 1. The second kappa shape index (κ2) is 5.06. The van der Waals surface area contributed by atoms with Crippen LogP contribution in [0.15, 0.2) is 34.8 Å². The summed E-state index contributed by atoms with van der Waals surface area (Å²) in [5.74, 6) is -1.56. The highest BCUT2D eigenvalue weighted by atomic mass is 79.9. The van der Waals surface area contributed by atoms with Crippen molar-refractivity contribution in [3.05, 3.63) is 52.3 Å². The SMILES string of the molecule is Fc1ccc2nc(Nc3cc(F)c(Br)cc3F)sc2c1. The summed E-state index contributed by atoms with van der Waals surface area (Å²) in [7, 11) is 0. The minimum atomic E-state index is -0.608. The molecule has 0 saturated carbocycles. The van der Waals surface area contributed by atoms with Crippen molar-refractivity contribution in [1.29, 1.82) is 0 Å². The monoisotopic (exact) mass is 358 g/mol. The quantitative estimate of drug-likeness (QED) is 0.635. The number of anilines is 2. The maximum absolute atomic E-state index is 13.7. The maximum Gasteiger partial charge on any atom is 0.188 e. The molecule has 3 aromatic rings. The third-order valence-electron chi connectivity index (χ3n) is 2.60. The van der Waals surface area contributed by atoms with E-state index in [0.717, 1.165) is 23.5 Å². The van der Waals surface area contributed by atoms with E-state index >= 15 is 0 Å². The van der Waals surface area contributed by atoms with Crippen LogP contribution in [-0.4, -0.2) is 4.98 Å². The fourth-order valence-electron chi connectivity index (χ4n) is 1.69. The lowest BCUT2D eigenvalue weighted by Crippen LogP contribution is -1.94. The first-order chi connectivity index (χ1) is 9.52. The number of thiazole rings is 1. The Bertz CT molecular complexity index is 804. The van der Waals surface area contributed by atoms with Crippen LogP contribution in [-0.2, 0) is 0 Å². The first-order valence-corrected chi connectivity index (χ1v) is 7.11. The zero-order valence-electron chi connectivity index (χ0n) is 9.75. The minimum Gasteiger partial charge on any atom is -0.329 e. The third-order valence-corrected chi connectivity index (χ3v) is 4.14. The van der Waals surface area contributed by atoms with Crippen LogP contribution >= 0.6 is 27.3 Å². The molecule has 2 aromatic carbocycles. The second-order valence-corrected chi connectivity index (χ2v) is 5.89. The van der Waals surface area contributed by atoms with Gasteiger partial charge in [0.2, 0.25) is 0 Å². The molecule has 0 aliphatic rings. The smallest absolute Gasteiger partial charge is 0.188 e. The third kappa shape index (κ3) is 2.51. The molecule has 0 saturated heterocycles. The number of hydrogen-bond donors (Lipinski definition) is 1. The van der Waals surface area contributed by atoms with Gasteiger partial charge in [0.1, 0.15) is 17.5 Å². The van der Waals surface area contributed by atoms with Gasteiger partial charge in [-0.25, -0.2) is 18.2 Å². The maximum atomic E-state index is 13.7. The Labute approximate surface area is 124 Å². The lowest BCUT2D eigenvalue weighted by atomic mass is 10.3. The summed E-state index contributed by atoms with van der Waals surface area (Å²) in [4.78, 5) is 4.18. The first kappa shape index (κ1) is 13.4. The highest BCUT2D eigenvalue weighted by molar-refractivity contribution is 9.10. The van der Waals surface area contributed by atoms with Crippen LogP contribution in [0.5, 0.6) is 0 Å². The zero-order chi connectivity index (χ0) is 14.3. The van der Waals surface area contributed by atoms with Gasteiger partial charge in [0.15, 0.2) is 5.13 Å². The van der Waals surface area contributed by atoms with Crippen molar-refractivity contribution in [1.82, 2.24) is 4.98 Å². The fraction of sp³-hybridized carbons (Fsp3) is 0. The molecule has 0 spiro atoms. The average Bonchev–Trinajstić information content (AvgIpc) is 2.77. The summed E-state index contributed by atoms with van der Waals surface area (Å²) in [5.41, 5.74) is 0.571. The number of nitrogens with one attached hydrogen (secondary N) is 1. The molecular formula is C13H6BrF3N2S. The van der Waals surface area contributed by atoms with E-state index in [1.165, 1.54) is 18.2 Å². The van der Waals surface area contributed by atoms with Gasteiger partial charge in [0.25, 0.3) is 0 Å². The van der Waals surface area contributed by atoms with Gasteiger partial charge in [0, 0.05) is 6.07 Å². The van der Waals surface area contributed by atoms with E-state index in [4.69, 9.17) is 0 Å². The molecule has 1 N–H and O–H groups in total. The van der Waals surface area contributed by atoms with Crippen molar-refractivity contribution in [2.45, 2.75) is 0 Å². The van der Waals surface area contributed by atoms with Crippen molar-refractivity contribution in [2.24, 2.45) is 0 Å². The number of nitrogens with zero attached hydrogens (tertiary/aromatic N) is 1. The predicted molar refractivity (Wildman–Crippen MR) is 76.9 cm³/mol. The van der Waals surface area contributed by atoms with Crippen molar-refractivity contribution in [3.63, 3.8) is 0 Å². The lowest BCUT2D eigenvalue weighted by molar-refractivity contribution is 0.598. The van der Waals surface area contributed by atoms with Crippen molar-refractivity contribution >= 4 is 48.3 Å². The molecule has 1 heterocycles. The molecule has 7 heteroatoms. The summed E-state index contributed by atoms with van der Waals surface area (Å²) in [6.07, 6.45) is 0. The standard InChI is InChI=1S/C13H6BrF3N2S/c14-7-4-9(17)11(5-8(7)16)19-13-18-10-2-1-6(15)3-12(10)20-13/h1-5H,(H,18,19). The molecular weight excluding hydrogens is 353 g/mol. The Hall–Kier alpha value is -1.60. The number of aromatic nitrogens is 1. The van der Waals surface area contributed by atoms with Crippen LogP contribution in [0, 0.1) is 17.5 Å². The first-order valence-electron chi connectivity index (χ1n) is 5.50. The summed E-state index contributed by atoms with van der Waals surface area (Å²) < 4.78 is 40.8. The van der Waals surface area contributed by atoms with Gasteiger partial charge in [-0.15, -0.1) is 0 Å². The van der Waals surface area contributed by atoms with Crippen LogP contribution < -0.4 is 5.32 Å². The van der Waals surface area contributed by atoms with Crippen molar-refractivity contribution < 1.29 is 13.2 Å². The zero-order valence-corrected chi connectivity index (χ0v) is 12.2. The highest BCUT2D eigenvalue weighted by Crippen LogP contribution is 2.31. The van der Waals surface area contributed by atoms with Crippen LogP contribution in [0.25, 0.3) is 10.2 Å². The van der Waals surface area contributed by atoms with E-state index in [9.17, 15) is 13.2 Å².